The van der Waals surface area contributed by atoms with E-state index in [1.165, 1.54) is 6.07 Å². The molecule has 7 heteroatoms. The maximum Gasteiger partial charge on any atom is 0.264 e. The van der Waals surface area contributed by atoms with Gasteiger partial charge >= 0.3 is 0 Å². The summed E-state index contributed by atoms with van der Waals surface area (Å²) >= 11 is 0. The summed E-state index contributed by atoms with van der Waals surface area (Å²) in [7, 11) is -3.83. The molecule has 0 fully saturated rings. The molecule has 0 aliphatic carbocycles. The Morgan fingerprint density at radius 2 is 1.52 bits per heavy atom. The Hall–Kier alpha value is -2.41. The van der Waals surface area contributed by atoms with Gasteiger partial charge in [0.2, 0.25) is 0 Å². The third kappa shape index (κ3) is 3.24. The molecule has 0 saturated carbocycles. The molecule has 0 amide bonds. The Labute approximate surface area is 147 Å². The Morgan fingerprint density at radius 3 is 2.12 bits per heavy atom. The first-order chi connectivity index (χ1) is 11.8. The lowest BCUT2D eigenvalue weighted by molar-refractivity contribution is 0.315. The second kappa shape index (κ2) is 6.48. The number of para-hydroxylation sites is 1. The van der Waals surface area contributed by atoms with E-state index in [9.17, 15) is 8.42 Å². The summed E-state index contributed by atoms with van der Waals surface area (Å²) in [4.78, 5) is 0.0551. The molecule has 3 rings (SSSR count). The Bertz CT molecular complexity index is 981. The summed E-state index contributed by atoms with van der Waals surface area (Å²) in [6.07, 6.45) is 0. The van der Waals surface area contributed by atoms with Crippen LogP contribution in [0.25, 0.3) is 11.0 Å². The molecule has 25 heavy (non-hydrogen) atoms. The van der Waals surface area contributed by atoms with Gasteiger partial charge in [-0.1, -0.05) is 52.0 Å². The predicted octanol–water partition coefficient (Wildman–Crippen LogP) is 4.27. The number of rotatable bonds is 5. The first-order valence-electron chi connectivity index (χ1n) is 8.18. The monoisotopic (exact) mass is 359 g/mol. The van der Waals surface area contributed by atoms with E-state index in [0.29, 0.717) is 11.2 Å². The van der Waals surface area contributed by atoms with E-state index in [-0.39, 0.29) is 22.2 Å². The average Bonchev–Trinajstić information content (AvgIpc) is 3.02. The summed E-state index contributed by atoms with van der Waals surface area (Å²) in [5.74, 6) is 0.363. The van der Waals surface area contributed by atoms with Crippen LogP contribution in [-0.4, -0.2) is 18.7 Å². The molecule has 132 valence electrons. The molecule has 0 spiro atoms. The zero-order valence-electron chi connectivity index (χ0n) is 14.6. The highest BCUT2D eigenvalue weighted by molar-refractivity contribution is 7.93. The molecule has 0 radical (unpaired) electrons. The molecule has 0 saturated heterocycles. The number of aromatic nitrogens is 2. The van der Waals surface area contributed by atoms with Gasteiger partial charge in [0.05, 0.1) is 5.69 Å². The van der Waals surface area contributed by atoms with Crippen molar-refractivity contribution >= 4 is 26.7 Å². The van der Waals surface area contributed by atoms with E-state index in [2.05, 4.69) is 19.7 Å². The quantitative estimate of drug-likeness (QED) is 0.735. The molecule has 2 aromatic carbocycles. The highest BCUT2D eigenvalue weighted by atomic mass is 32.2. The lowest BCUT2D eigenvalue weighted by Crippen LogP contribution is -2.17. The largest absolute Gasteiger partial charge is 0.279 e. The molecule has 0 aliphatic rings. The third-order valence-electron chi connectivity index (χ3n) is 4.15. The normalized spacial score (nSPS) is 12.2. The van der Waals surface area contributed by atoms with Crippen LogP contribution in [0.3, 0.4) is 0 Å². The minimum atomic E-state index is -3.83. The molecule has 1 N–H and O–H groups in total. The van der Waals surface area contributed by atoms with Crippen molar-refractivity contribution in [2.75, 3.05) is 4.72 Å². The summed E-state index contributed by atoms with van der Waals surface area (Å²) in [5.41, 5.74) is 3.19. The van der Waals surface area contributed by atoms with Crippen molar-refractivity contribution in [3.8, 4) is 0 Å². The van der Waals surface area contributed by atoms with Crippen LogP contribution in [0.15, 0.2) is 45.9 Å². The smallest absolute Gasteiger partial charge is 0.264 e. The van der Waals surface area contributed by atoms with Gasteiger partial charge in [-0.05, 0) is 45.4 Å². The fraction of sp³-hybridized carbons (Fsp3) is 0.333. The van der Waals surface area contributed by atoms with Gasteiger partial charge in [-0.15, -0.1) is 0 Å². The lowest BCUT2D eigenvalue weighted by Gasteiger charge is -2.20. The average molecular weight is 359 g/mol. The maximum absolute atomic E-state index is 13.0. The number of benzene rings is 2. The Balaban J connectivity index is 2.15. The van der Waals surface area contributed by atoms with Crippen LogP contribution in [0.2, 0.25) is 0 Å². The van der Waals surface area contributed by atoms with Crippen LogP contribution in [0.4, 0.5) is 5.69 Å². The summed E-state index contributed by atoms with van der Waals surface area (Å²) in [6, 6.07) is 10.6. The van der Waals surface area contributed by atoms with Gasteiger partial charge < -0.3 is 0 Å². The molecule has 0 bridgehead atoms. The highest BCUT2D eigenvalue weighted by Gasteiger charge is 2.24. The van der Waals surface area contributed by atoms with Gasteiger partial charge in [0, 0.05) is 0 Å². The van der Waals surface area contributed by atoms with Crippen LogP contribution in [0, 0.1) is 0 Å². The van der Waals surface area contributed by atoms with Crippen molar-refractivity contribution in [2.24, 2.45) is 0 Å². The number of hydrogen-bond acceptors (Lipinski definition) is 5. The second-order valence-corrected chi connectivity index (χ2v) is 8.27. The zero-order valence-corrected chi connectivity index (χ0v) is 15.5. The van der Waals surface area contributed by atoms with Gasteiger partial charge in [-0.3, -0.25) is 4.72 Å². The van der Waals surface area contributed by atoms with Crippen LogP contribution in [-0.2, 0) is 10.0 Å². The van der Waals surface area contributed by atoms with Crippen LogP contribution in [0.1, 0.15) is 50.7 Å². The van der Waals surface area contributed by atoms with Gasteiger partial charge in [-0.25, -0.2) is 13.0 Å². The number of nitrogens with zero attached hydrogens (tertiary/aromatic N) is 2. The fourth-order valence-corrected chi connectivity index (χ4v) is 4.12. The van der Waals surface area contributed by atoms with Crippen molar-refractivity contribution in [3.63, 3.8) is 0 Å². The number of anilines is 1. The fourth-order valence-electron chi connectivity index (χ4n) is 2.86. The predicted molar refractivity (Wildman–Crippen MR) is 97.2 cm³/mol. The molecular formula is C18H21N3O3S. The van der Waals surface area contributed by atoms with E-state index in [0.717, 1.165) is 11.1 Å². The molecule has 1 heterocycles. The van der Waals surface area contributed by atoms with Crippen molar-refractivity contribution < 1.29 is 13.0 Å². The first-order valence-corrected chi connectivity index (χ1v) is 9.66. The molecular weight excluding hydrogens is 338 g/mol. The maximum atomic E-state index is 13.0. The standard InChI is InChI=1S/C18H21N3O3S/c1-11(2)13-7-5-8-14(12(3)4)17(13)21-25(22,23)16-10-6-9-15-18(16)20-24-19-15/h5-12,21H,1-4H3. The third-order valence-corrected chi connectivity index (χ3v) is 5.53. The van der Waals surface area contributed by atoms with Crippen LogP contribution < -0.4 is 4.72 Å². The van der Waals surface area contributed by atoms with Crippen LogP contribution in [0.5, 0.6) is 0 Å². The van der Waals surface area contributed by atoms with E-state index < -0.39 is 10.0 Å². The van der Waals surface area contributed by atoms with Crippen molar-refractivity contribution in [2.45, 2.75) is 44.4 Å². The molecule has 0 aliphatic heterocycles. The number of hydrogen-bond donors (Lipinski definition) is 1. The number of sulfonamides is 1. The topological polar surface area (TPSA) is 85.1 Å². The minimum absolute atomic E-state index is 0.0551. The molecule has 3 aromatic rings. The Kier molecular flexibility index (Phi) is 4.51. The lowest BCUT2D eigenvalue weighted by atomic mass is 9.93. The summed E-state index contributed by atoms with van der Waals surface area (Å²) in [6.45, 7) is 8.16. The summed E-state index contributed by atoms with van der Waals surface area (Å²) < 4.78 is 33.5. The van der Waals surface area contributed by atoms with Crippen molar-refractivity contribution in [1.82, 2.24) is 10.3 Å². The molecule has 1 aromatic heterocycles. The highest BCUT2D eigenvalue weighted by Crippen LogP contribution is 2.34. The SMILES string of the molecule is CC(C)c1cccc(C(C)C)c1NS(=O)(=O)c1cccc2nonc12. The zero-order chi connectivity index (χ0) is 18.2. The number of fused-ring (bicyclic) bond motifs is 1. The van der Waals surface area contributed by atoms with Gasteiger partial charge in [-0.2, -0.15) is 0 Å². The summed E-state index contributed by atoms with van der Waals surface area (Å²) in [5, 5.41) is 7.45. The number of nitrogens with one attached hydrogen (secondary N) is 1. The van der Waals surface area contributed by atoms with E-state index in [1.807, 2.05) is 45.9 Å². The van der Waals surface area contributed by atoms with Gasteiger partial charge in [0.1, 0.15) is 10.4 Å². The molecule has 0 unspecified atom stereocenters. The van der Waals surface area contributed by atoms with E-state index in [1.54, 1.807) is 12.1 Å². The first kappa shape index (κ1) is 17.4. The van der Waals surface area contributed by atoms with Crippen molar-refractivity contribution in [1.29, 1.82) is 0 Å². The van der Waals surface area contributed by atoms with Gasteiger partial charge in [0.25, 0.3) is 10.0 Å². The van der Waals surface area contributed by atoms with Crippen LogP contribution >= 0.6 is 0 Å². The molecule has 6 nitrogen and oxygen atoms in total. The van der Waals surface area contributed by atoms with Crippen molar-refractivity contribution in [3.05, 3.63) is 47.5 Å². The molecule has 0 atom stereocenters. The second-order valence-electron chi connectivity index (χ2n) is 6.61. The van der Waals surface area contributed by atoms with E-state index >= 15 is 0 Å². The van der Waals surface area contributed by atoms with E-state index in [4.69, 9.17) is 0 Å². The Morgan fingerprint density at radius 1 is 0.920 bits per heavy atom. The van der Waals surface area contributed by atoms with Gasteiger partial charge in [0.15, 0.2) is 5.52 Å². The minimum Gasteiger partial charge on any atom is -0.279 e.